The summed E-state index contributed by atoms with van der Waals surface area (Å²) >= 11 is 0. The van der Waals surface area contributed by atoms with Crippen LogP contribution in [0.2, 0.25) is 0 Å². The predicted molar refractivity (Wildman–Crippen MR) is 136 cm³/mol. The van der Waals surface area contributed by atoms with E-state index in [1.54, 1.807) is 12.1 Å². The third-order valence-corrected chi connectivity index (χ3v) is 6.32. The molecule has 4 aromatic carbocycles. The number of hydrogen-bond acceptors (Lipinski definition) is 5. The van der Waals surface area contributed by atoms with Crippen LogP contribution in [0.15, 0.2) is 130 Å². The van der Waals surface area contributed by atoms with Crippen molar-refractivity contribution in [2.75, 3.05) is 0 Å². The molecule has 2 N–H and O–H groups in total. The first-order chi connectivity index (χ1) is 17.0. The summed E-state index contributed by atoms with van der Waals surface area (Å²) in [5, 5.41) is 19.2. The highest BCUT2D eigenvalue weighted by atomic mass is 32.2. The first-order valence-electron chi connectivity index (χ1n) is 10.8. The maximum atomic E-state index is 11.6. The van der Waals surface area contributed by atoms with Gasteiger partial charge in [-0.3, -0.25) is 0 Å². The van der Waals surface area contributed by atoms with Crippen molar-refractivity contribution in [3.8, 4) is 28.2 Å². The number of azo groups is 1. The molecule has 5 aromatic rings. The SMILES string of the molecule is NS(=O)(=O)c1ccc(N=Nc2c(-c3ccccc3)nn(-c3ccccc3)c2-c2ccccc2)cc1. The molecular weight excluding hydrogens is 458 g/mol. The zero-order valence-electron chi connectivity index (χ0n) is 18.6. The van der Waals surface area contributed by atoms with Gasteiger partial charge in [0.2, 0.25) is 10.0 Å². The molecular formula is C27H21N5O2S. The number of rotatable bonds is 6. The number of aromatic nitrogens is 2. The Morgan fingerprint density at radius 1 is 0.657 bits per heavy atom. The Hall–Kier alpha value is -4.40. The Labute approximate surface area is 203 Å². The van der Waals surface area contributed by atoms with Crippen LogP contribution in [-0.2, 0) is 10.0 Å². The van der Waals surface area contributed by atoms with Gasteiger partial charge in [-0.15, -0.1) is 5.11 Å². The Morgan fingerprint density at radius 2 is 1.20 bits per heavy atom. The molecule has 0 aliphatic rings. The molecule has 0 bridgehead atoms. The number of sulfonamides is 1. The van der Waals surface area contributed by atoms with E-state index in [4.69, 9.17) is 10.2 Å². The highest BCUT2D eigenvalue weighted by Gasteiger charge is 2.22. The highest BCUT2D eigenvalue weighted by Crippen LogP contribution is 2.41. The van der Waals surface area contributed by atoms with Gasteiger partial charge in [0.05, 0.1) is 16.3 Å². The van der Waals surface area contributed by atoms with Crippen LogP contribution < -0.4 is 5.14 Å². The van der Waals surface area contributed by atoms with Crippen molar-refractivity contribution in [1.82, 2.24) is 9.78 Å². The van der Waals surface area contributed by atoms with E-state index in [0.29, 0.717) is 17.1 Å². The van der Waals surface area contributed by atoms with E-state index in [-0.39, 0.29) is 4.90 Å². The number of nitrogens with two attached hydrogens (primary N) is 1. The minimum Gasteiger partial charge on any atom is -0.230 e. The van der Waals surface area contributed by atoms with Crippen molar-refractivity contribution in [3.63, 3.8) is 0 Å². The predicted octanol–water partition coefficient (Wildman–Crippen LogP) is 6.27. The second kappa shape index (κ2) is 9.46. The quantitative estimate of drug-likeness (QED) is 0.290. The zero-order valence-corrected chi connectivity index (χ0v) is 19.4. The topological polar surface area (TPSA) is 103 Å². The van der Waals surface area contributed by atoms with Crippen LogP contribution in [0.25, 0.3) is 28.2 Å². The van der Waals surface area contributed by atoms with Crippen molar-refractivity contribution >= 4 is 21.4 Å². The minimum absolute atomic E-state index is 0.0169. The summed E-state index contributed by atoms with van der Waals surface area (Å²) in [5.74, 6) is 0. The molecule has 0 spiro atoms. The molecule has 0 saturated carbocycles. The van der Waals surface area contributed by atoms with Crippen molar-refractivity contribution in [2.24, 2.45) is 15.4 Å². The lowest BCUT2D eigenvalue weighted by molar-refractivity contribution is 0.598. The van der Waals surface area contributed by atoms with Gasteiger partial charge in [-0.2, -0.15) is 10.2 Å². The molecule has 0 aliphatic carbocycles. The number of para-hydroxylation sites is 1. The molecule has 0 atom stereocenters. The van der Waals surface area contributed by atoms with Gasteiger partial charge < -0.3 is 0 Å². The van der Waals surface area contributed by atoms with Crippen molar-refractivity contribution in [3.05, 3.63) is 115 Å². The second-order valence-electron chi connectivity index (χ2n) is 7.76. The van der Waals surface area contributed by atoms with Crippen molar-refractivity contribution in [2.45, 2.75) is 4.90 Å². The average Bonchev–Trinajstić information content (AvgIpc) is 3.28. The molecule has 1 aromatic heterocycles. The van der Waals surface area contributed by atoms with E-state index in [1.165, 1.54) is 12.1 Å². The summed E-state index contributed by atoms with van der Waals surface area (Å²) in [6.45, 7) is 0. The maximum absolute atomic E-state index is 11.6. The summed E-state index contributed by atoms with van der Waals surface area (Å²) in [6, 6.07) is 35.5. The first kappa shape index (κ1) is 22.4. The normalized spacial score (nSPS) is 11.7. The van der Waals surface area contributed by atoms with Crippen LogP contribution in [0.4, 0.5) is 11.4 Å². The zero-order chi connectivity index (χ0) is 24.3. The summed E-state index contributed by atoms with van der Waals surface area (Å²) in [5.41, 5.74) is 5.29. The van der Waals surface area contributed by atoms with Gasteiger partial charge in [0.25, 0.3) is 0 Å². The largest absolute Gasteiger partial charge is 0.238 e. The van der Waals surface area contributed by atoms with Gasteiger partial charge in [-0.05, 0) is 36.4 Å². The Morgan fingerprint density at radius 3 is 1.77 bits per heavy atom. The van der Waals surface area contributed by atoms with Crippen LogP contribution in [0.5, 0.6) is 0 Å². The van der Waals surface area contributed by atoms with Crippen LogP contribution >= 0.6 is 0 Å². The monoisotopic (exact) mass is 479 g/mol. The van der Waals surface area contributed by atoms with Crippen molar-refractivity contribution < 1.29 is 8.42 Å². The average molecular weight is 480 g/mol. The lowest BCUT2D eigenvalue weighted by Gasteiger charge is -2.08. The van der Waals surface area contributed by atoms with E-state index in [1.807, 2.05) is 95.7 Å². The molecule has 0 radical (unpaired) electrons. The second-order valence-corrected chi connectivity index (χ2v) is 9.33. The van der Waals surface area contributed by atoms with Gasteiger partial charge in [0.15, 0.2) is 0 Å². The summed E-state index contributed by atoms with van der Waals surface area (Å²) in [7, 11) is -3.79. The molecule has 172 valence electrons. The lowest BCUT2D eigenvalue weighted by Crippen LogP contribution is -2.11. The fraction of sp³-hybridized carbons (Fsp3) is 0. The molecule has 1 heterocycles. The van der Waals surface area contributed by atoms with Crippen LogP contribution in [0.3, 0.4) is 0 Å². The Kier molecular flexibility index (Phi) is 6.05. The van der Waals surface area contributed by atoms with E-state index in [0.717, 1.165) is 22.5 Å². The summed E-state index contributed by atoms with van der Waals surface area (Å²) in [4.78, 5) is 0.0169. The number of nitrogens with zero attached hydrogens (tertiary/aromatic N) is 4. The van der Waals surface area contributed by atoms with Gasteiger partial charge in [-0.1, -0.05) is 78.9 Å². The molecule has 0 saturated heterocycles. The standard InChI is InChI=1S/C27H21N5O2S/c28-35(33,34)24-18-16-22(17-19-24)29-30-26-25(20-10-4-1-5-11-20)31-32(23-14-8-3-9-15-23)27(26)21-12-6-2-7-13-21/h1-19H,(H2,28,33,34). The molecule has 8 heteroatoms. The van der Waals surface area contributed by atoms with Crippen LogP contribution in [-0.4, -0.2) is 18.2 Å². The molecule has 7 nitrogen and oxygen atoms in total. The van der Waals surface area contributed by atoms with Gasteiger partial charge in [0.1, 0.15) is 17.1 Å². The molecule has 0 unspecified atom stereocenters. The summed E-state index contributed by atoms with van der Waals surface area (Å²) in [6.07, 6.45) is 0. The Balaban J connectivity index is 1.72. The first-order valence-corrected chi connectivity index (χ1v) is 12.4. The van der Waals surface area contributed by atoms with Crippen molar-refractivity contribution in [1.29, 1.82) is 0 Å². The molecule has 5 rings (SSSR count). The summed E-state index contributed by atoms with van der Waals surface area (Å²) < 4.78 is 25.0. The van der Waals surface area contributed by atoms with Crippen LogP contribution in [0.1, 0.15) is 0 Å². The fourth-order valence-electron chi connectivity index (χ4n) is 3.72. The van der Waals surface area contributed by atoms with Gasteiger partial charge in [-0.25, -0.2) is 18.2 Å². The molecule has 35 heavy (non-hydrogen) atoms. The van der Waals surface area contributed by atoms with E-state index >= 15 is 0 Å². The molecule has 0 fully saturated rings. The Bertz CT molecular complexity index is 1580. The van der Waals surface area contributed by atoms with E-state index in [9.17, 15) is 8.42 Å². The smallest absolute Gasteiger partial charge is 0.230 e. The number of benzene rings is 4. The third kappa shape index (κ3) is 4.79. The number of hydrogen-bond donors (Lipinski definition) is 1. The van der Waals surface area contributed by atoms with Gasteiger partial charge >= 0.3 is 0 Å². The molecule has 0 amide bonds. The highest BCUT2D eigenvalue weighted by molar-refractivity contribution is 7.89. The number of primary sulfonamides is 1. The lowest BCUT2D eigenvalue weighted by atomic mass is 10.1. The molecule has 0 aliphatic heterocycles. The fourth-order valence-corrected chi connectivity index (χ4v) is 4.23. The maximum Gasteiger partial charge on any atom is 0.238 e. The third-order valence-electron chi connectivity index (χ3n) is 5.39. The minimum atomic E-state index is -3.79. The van der Waals surface area contributed by atoms with E-state index in [2.05, 4.69) is 10.2 Å². The van der Waals surface area contributed by atoms with E-state index < -0.39 is 10.0 Å². The van der Waals surface area contributed by atoms with Crippen LogP contribution in [0, 0.1) is 0 Å². The van der Waals surface area contributed by atoms with Gasteiger partial charge in [0, 0.05) is 11.1 Å².